The highest BCUT2D eigenvalue weighted by Gasteiger charge is 2.30. The molecule has 2 aromatic carbocycles. The minimum absolute atomic E-state index is 0.0294. The summed E-state index contributed by atoms with van der Waals surface area (Å²) in [5.74, 6) is -2.03. The van der Waals surface area contributed by atoms with Crippen LogP contribution in [0.1, 0.15) is 22.3 Å². The summed E-state index contributed by atoms with van der Waals surface area (Å²) < 4.78 is 17.9. The molecule has 12 nitrogen and oxygen atoms in total. The Morgan fingerprint density at radius 3 is 2.49 bits per heavy atom. The number of nitrogens with zero attached hydrogens (tertiary/aromatic N) is 3. The number of phenols is 1. The number of nitrogens with two attached hydrogens (primary N) is 1. The van der Waals surface area contributed by atoms with E-state index in [4.69, 9.17) is 53.7 Å². The molecule has 0 spiro atoms. The van der Waals surface area contributed by atoms with Crippen LogP contribution in [0.25, 0.3) is 0 Å². The Bertz CT molecular complexity index is 1500. The Balaban J connectivity index is 1.73. The van der Waals surface area contributed by atoms with Crippen LogP contribution in [0, 0.1) is 5.41 Å². The molecule has 41 heavy (non-hydrogen) atoms. The van der Waals surface area contributed by atoms with Crippen molar-refractivity contribution in [3.63, 3.8) is 0 Å². The van der Waals surface area contributed by atoms with E-state index in [1.807, 2.05) is 0 Å². The molecule has 1 aliphatic heterocycles. The van der Waals surface area contributed by atoms with Crippen molar-refractivity contribution < 1.29 is 34.0 Å². The summed E-state index contributed by atoms with van der Waals surface area (Å²) in [4.78, 5) is 31.0. The molecule has 2 heterocycles. The molecule has 0 saturated carbocycles. The highest BCUT2D eigenvalue weighted by atomic mass is 35.5. The molecule has 1 aromatic heterocycles. The topological polar surface area (TPSA) is 172 Å². The number of amidine groups is 1. The molecule has 1 saturated heterocycles. The van der Waals surface area contributed by atoms with E-state index in [0.29, 0.717) is 25.1 Å². The normalized spacial score (nSPS) is 14.9. The highest BCUT2D eigenvalue weighted by molar-refractivity contribution is 6.38. The standard InChI is InChI=1S/C27H27Cl2N5O7/c1-33(2)27(38)15-4-3-5-16(10-15)40-25-21(28)23(39-17-8-9-34(12-17)13-20(36)37)22(29)26(32-25)41-19-11-14(24(30)31)6-7-18(19)35/h3-7,10-11,17,35H,8-9,12-13H2,1-2H3,(H3,30,31)(H,36,37). The van der Waals surface area contributed by atoms with Crippen LogP contribution in [0.3, 0.4) is 0 Å². The van der Waals surface area contributed by atoms with Gasteiger partial charge in [-0.05, 0) is 42.8 Å². The van der Waals surface area contributed by atoms with E-state index < -0.39 is 12.1 Å². The van der Waals surface area contributed by atoms with Gasteiger partial charge in [0.15, 0.2) is 17.2 Å². The van der Waals surface area contributed by atoms with Crippen molar-refractivity contribution in [3.05, 3.63) is 63.6 Å². The van der Waals surface area contributed by atoms with Crippen molar-refractivity contribution in [3.8, 4) is 34.8 Å². The van der Waals surface area contributed by atoms with Gasteiger partial charge in [-0.2, -0.15) is 4.98 Å². The van der Waals surface area contributed by atoms with Crippen LogP contribution in [-0.2, 0) is 4.79 Å². The van der Waals surface area contributed by atoms with Gasteiger partial charge >= 0.3 is 5.97 Å². The smallest absolute Gasteiger partial charge is 0.317 e. The Morgan fingerprint density at radius 1 is 1.12 bits per heavy atom. The van der Waals surface area contributed by atoms with Gasteiger partial charge in [-0.3, -0.25) is 19.9 Å². The molecule has 1 aliphatic rings. The van der Waals surface area contributed by atoms with Gasteiger partial charge in [-0.25, -0.2) is 0 Å². The zero-order valence-corrected chi connectivity index (χ0v) is 23.6. The first-order valence-electron chi connectivity index (χ1n) is 12.3. The summed E-state index contributed by atoms with van der Waals surface area (Å²) in [6.45, 7) is 0.653. The van der Waals surface area contributed by atoms with Gasteiger partial charge in [0.05, 0.1) is 6.54 Å². The molecule has 216 valence electrons. The number of carboxylic acids is 1. The van der Waals surface area contributed by atoms with Crippen LogP contribution < -0.4 is 19.9 Å². The number of nitrogens with one attached hydrogen (secondary N) is 1. The van der Waals surface area contributed by atoms with Crippen LogP contribution in [0.5, 0.6) is 34.8 Å². The third-order valence-corrected chi connectivity index (χ3v) is 6.70. The number of carboxylic acid groups (broad SMARTS) is 1. The number of aromatic hydroxyl groups is 1. The number of phenolic OH excluding ortho intramolecular Hbond substituents is 1. The Labute approximate surface area is 245 Å². The first kappa shape index (κ1) is 29.7. The van der Waals surface area contributed by atoms with E-state index in [2.05, 4.69) is 4.98 Å². The fraction of sp³-hybridized carbons (Fsp3) is 0.259. The van der Waals surface area contributed by atoms with Crippen molar-refractivity contribution in [2.75, 3.05) is 33.7 Å². The number of likely N-dealkylation sites (tertiary alicyclic amines) is 1. The number of halogens is 2. The summed E-state index contributed by atoms with van der Waals surface area (Å²) in [5, 5.41) is 26.9. The first-order chi connectivity index (χ1) is 19.4. The van der Waals surface area contributed by atoms with E-state index >= 15 is 0 Å². The summed E-state index contributed by atoms with van der Waals surface area (Å²) in [6.07, 6.45) is 0.0491. The number of hydrogen-bond acceptors (Lipinski definition) is 9. The molecule has 1 unspecified atom stereocenters. The number of carbonyl (C=O) groups excluding carboxylic acids is 1. The molecule has 4 rings (SSSR count). The van der Waals surface area contributed by atoms with E-state index in [-0.39, 0.29) is 68.7 Å². The number of aromatic nitrogens is 1. The van der Waals surface area contributed by atoms with Crippen LogP contribution in [-0.4, -0.2) is 82.5 Å². The van der Waals surface area contributed by atoms with Crippen molar-refractivity contribution >= 4 is 40.9 Å². The highest BCUT2D eigenvalue weighted by Crippen LogP contribution is 2.47. The number of amides is 1. The fourth-order valence-corrected chi connectivity index (χ4v) is 4.53. The first-order valence-corrected chi connectivity index (χ1v) is 13.0. The van der Waals surface area contributed by atoms with E-state index in [1.165, 1.54) is 29.2 Å². The van der Waals surface area contributed by atoms with Gasteiger partial charge < -0.3 is 35.1 Å². The number of ether oxygens (including phenoxy) is 3. The minimum atomic E-state index is -0.959. The SMILES string of the molecule is CN(C)C(=O)c1cccc(Oc2nc(Oc3cc(C(=N)N)ccc3O)c(Cl)c(OC3CCN(CC(=O)O)C3)c2Cl)c1. The second kappa shape index (κ2) is 12.5. The van der Waals surface area contributed by atoms with Crippen molar-refractivity contribution in [1.82, 2.24) is 14.8 Å². The summed E-state index contributed by atoms with van der Waals surface area (Å²) in [6, 6.07) is 10.4. The number of nitrogen functional groups attached to an aromatic ring is 1. The molecular formula is C27H27Cl2N5O7. The van der Waals surface area contributed by atoms with Crippen LogP contribution >= 0.6 is 23.2 Å². The van der Waals surface area contributed by atoms with Crippen LogP contribution in [0.2, 0.25) is 10.0 Å². The predicted octanol–water partition coefficient (Wildman–Crippen LogP) is 4.20. The molecular weight excluding hydrogens is 577 g/mol. The Kier molecular flexibility index (Phi) is 9.06. The van der Waals surface area contributed by atoms with Gasteiger partial charge in [0, 0.05) is 38.3 Å². The van der Waals surface area contributed by atoms with Crippen molar-refractivity contribution in [2.45, 2.75) is 12.5 Å². The summed E-state index contributed by atoms with van der Waals surface area (Å²) in [5.41, 5.74) is 6.22. The molecule has 0 aliphatic carbocycles. The van der Waals surface area contributed by atoms with Crippen LogP contribution in [0.15, 0.2) is 42.5 Å². The number of aliphatic carboxylic acids is 1. The van der Waals surface area contributed by atoms with E-state index in [0.717, 1.165) is 0 Å². The quantitative estimate of drug-likeness (QED) is 0.194. The minimum Gasteiger partial charge on any atom is -0.504 e. The molecule has 14 heteroatoms. The number of benzene rings is 2. The van der Waals surface area contributed by atoms with E-state index in [9.17, 15) is 14.7 Å². The van der Waals surface area contributed by atoms with Gasteiger partial charge in [0.25, 0.3) is 5.91 Å². The lowest BCUT2D eigenvalue weighted by Gasteiger charge is -2.20. The maximum absolute atomic E-state index is 12.4. The lowest BCUT2D eigenvalue weighted by Crippen LogP contribution is -2.29. The largest absolute Gasteiger partial charge is 0.504 e. The number of rotatable bonds is 10. The molecule has 1 atom stereocenters. The van der Waals surface area contributed by atoms with E-state index in [1.54, 1.807) is 37.2 Å². The average Bonchev–Trinajstić information content (AvgIpc) is 3.36. The van der Waals surface area contributed by atoms with Crippen molar-refractivity contribution in [2.24, 2.45) is 5.73 Å². The second-order valence-corrected chi connectivity index (χ2v) is 10.1. The Morgan fingerprint density at radius 2 is 1.83 bits per heavy atom. The second-order valence-electron chi connectivity index (χ2n) is 9.36. The molecule has 0 bridgehead atoms. The zero-order chi connectivity index (χ0) is 29.8. The Hall–Kier alpha value is -4.26. The molecule has 0 radical (unpaired) electrons. The zero-order valence-electron chi connectivity index (χ0n) is 22.1. The third kappa shape index (κ3) is 7.09. The number of carbonyl (C=O) groups is 2. The van der Waals surface area contributed by atoms with Gasteiger partial charge in [-0.1, -0.05) is 29.3 Å². The maximum Gasteiger partial charge on any atom is 0.317 e. The lowest BCUT2D eigenvalue weighted by atomic mass is 10.2. The lowest BCUT2D eigenvalue weighted by molar-refractivity contribution is -0.138. The molecule has 3 aromatic rings. The van der Waals surface area contributed by atoms with Gasteiger partial charge in [0.1, 0.15) is 27.7 Å². The maximum atomic E-state index is 12.4. The monoisotopic (exact) mass is 603 g/mol. The van der Waals surface area contributed by atoms with Gasteiger partial charge in [0.2, 0.25) is 11.8 Å². The average molecular weight is 604 g/mol. The predicted molar refractivity (Wildman–Crippen MR) is 151 cm³/mol. The van der Waals surface area contributed by atoms with Crippen molar-refractivity contribution in [1.29, 1.82) is 5.41 Å². The molecule has 5 N–H and O–H groups in total. The molecule has 1 amide bonds. The fourth-order valence-electron chi connectivity index (χ4n) is 4.04. The van der Waals surface area contributed by atoms with Gasteiger partial charge in [-0.15, -0.1) is 0 Å². The number of pyridine rings is 1. The van der Waals surface area contributed by atoms with Crippen LogP contribution in [0.4, 0.5) is 0 Å². The third-order valence-electron chi connectivity index (χ3n) is 6.03. The number of hydrogen-bond donors (Lipinski definition) is 4. The summed E-state index contributed by atoms with van der Waals surface area (Å²) in [7, 11) is 3.25. The molecule has 1 fully saturated rings. The summed E-state index contributed by atoms with van der Waals surface area (Å²) >= 11 is 13.3.